The van der Waals surface area contributed by atoms with Crippen molar-refractivity contribution in [2.24, 2.45) is 0 Å². The zero-order chi connectivity index (χ0) is 20.1. The van der Waals surface area contributed by atoms with Crippen LogP contribution in [0.5, 0.6) is 5.75 Å². The van der Waals surface area contributed by atoms with Crippen molar-refractivity contribution >= 4 is 34.6 Å². The number of methoxy groups -OCH3 is 1. The van der Waals surface area contributed by atoms with Crippen LogP contribution in [0.15, 0.2) is 36.0 Å². The summed E-state index contributed by atoms with van der Waals surface area (Å²) in [4.78, 5) is 35.0. The van der Waals surface area contributed by atoms with Gasteiger partial charge in [0.1, 0.15) is 22.6 Å². The van der Waals surface area contributed by atoms with E-state index in [4.69, 9.17) is 9.47 Å². The lowest BCUT2D eigenvalue weighted by Gasteiger charge is -2.08. The number of hydrogen-bond acceptors (Lipinski definition) is 10. The third kappa shape index (κ3) is 4.09. The van der Waals surface area contributed by atoms with E-state index in [-0.39, 0.29) is 22.0 Å². The number of anilines is 1. The van der Waals surface area contributed by atoms with Crippen molar-refractivity contribution in [3.8, 4) is 11.4 Å². The van der Waals surface area contributed by atoms with Gasteiger partial charge >= 0.3 is 5.97 Å². The Hall–Kier alpha value is -3.87. The van der Waals surface area contributed by atoms with Gasteiger partial charge in [0.05, 0.1) is 23.8 Å². The highest BCUT2D eigenvalue weighted by molar-refractivity contribution is 7.12. The maximum Gasteiger partial charge on any atom is 0.351 e. The molecule has 1 amide bonds. The molecule has 2 heterocycles. The number of nitrogens with one attached hydrogen (secondary N) is 1. The van der Waals surface area contributed by atoms with Crippen molar-refractivity contribution in [3.63, 3.8) is 0 Å². The number of carbonyl (C=O) groups excluding carboxylic acids is 2. The van der Waals surface area contributed by atoms with Crippen LogP contribution in [0.3, 0.4) is 0 Å². The van der Waals surface area contributed by atoms with Gasteiger partial charge in [0.15, 0.2) is 6.61 Å². The van der Waals surface area contributed by atoms with Crippen LogP contribution < -0.4 is 10.1 Å². The van der Waals surface area contributed by atoms with Crippen LogP contribution in [0, 0.1) is 10.1 Å². The van der Waals surface area contributed by atoms with E-state index >= 15 is 0 Å². The van der Waals surface area contributed by atoms with Crippen molar-refractivity contribution in [1.29, 1.82) is 0 Å². The number of benzene rings is 1. The highest BCUT2D eigenvalue weighted by atomic mass is 32.1. The van der Waals surface area contributed by atoms with E-state index in [0.29, 0.717) is 5.69 Å². The largest absolute Gasteiger partial charge is 0.496 e. The van der Waals surface area contributed by atoms with Gasteiger partial charge in [-0.05, 0) is 34.0 Å². The number of thiophene rings is 1. The Morgan fingerprint density at radius 3 is 2.86 bits per heavy atom. The molecule has 3 aromatic rings. The second-order valence-corrected chi connectivity index (χ2v) is 6.07. The molecule has 0 unspecified atom stereocenters. The van der Waals surface area contributed by atoms with Gasteiger partial charge in [-0.3, -0.25) is 14.9 Å². The van der Waals surface area contributed by atoms with Gasteiger partial charge < -0.3 is 14.8 Å². The molecule has 0 saturated heterocycles. The molecule has 0 fully saturated rings. The fourth-order valence-corrected chi connectivity index (χ4v) is 2.96. The molecule has 12 nitrogen and oxygen atoms in total. The Morgan fingerprint density at radius 2 is 2.18 bits per heavy atom. The predicted molar refractivity (Wildman–Crippen MR) is 95.6 cm³/mol. The van der Waals surface area contributed by atoms with E-state index in [1.165, 1.54) is 36.3 Å². The topological polar surface area (TPSA) is 151 Å². The Kier molecular flexibility index (Phi) is 5.55. The summed E-state index contributed by atoms with van der Waals surface area (Å²) in [6.45, 7) is -0.630. The summed E-state index contributed by atoms with van der Waals surface area (Å²) in [7, 11) is 1.37. The zero-order valence-corrected chi connectivity index (χ0v) is 15.1. The summed E-state index contributed by atoms with van der Waals surface area (Å²) >= 11 is 1.10. The summed E-state index contributed by atoms with van der Waals surface area (Å²) in [6, 6.07) is 5.58. The molecule has 3 rings (SSSR count). The zero-order valence-electron chi connectivity index (χ0n) is 14.3. The summed E-state index contributed by atoms with van der Waals surface area (Å²) in [5.74, 6) is -1.22. The quantitative estimate of drug-likeness (QED) is 0.350. The first-order chi connectivity index (χ1) is 13.5. The molecule has 0 bridgehead atoms. The average Bonchev–Trinajstić information content (AvgIpc) is 3.37. The normalized spacial score (nSPS) is 10.3. The molecule has 2 aromatic heterocycles. The third-order valence-corrected chi connectivity index (χ3v) is 4.32. The molecule has 0 atom stereocenters. The number of aromatic nitrogens is 4. The van der Waals surface area contributed by atoms with Crippen LogP contribution >= 0.6 is 11.3 Å². The number of nitrogens with zero attached hydrogens (tertiary/aromatic N) is 5. The number of ether oxygens (including phenoxy) is 2. The van der Waals surface area contributed by atoms with Gasteiger partial charge in [0.2, 0.25) is 0 Å². The number of amides is 1. The molecule has 0 aliphatic rings. The Balaban J connectivity index is 1.65. The summed E-state index contributed by atoms with van der Waals surface area (Å²) in [5.41, 5.74) is 0.0156. The number of nitro groups is 1. The number of rotatable bonds is 7. The molecule has 0 radical (unpaired) electrons. The van der Waals surface area contributed by atoms with Crippen molar-refractivity contribution < 1.29 is 24.0 Å². The molecule has 28 heavy (non-hydrogen) atoms. The Labute approximate surface area is 160 Å². The smallest absolute Gasteiger partial charge is 0.351 e. The maximum absolute atomic E-state index is 12.2. The number of tetrazole rings is 1. The van der Waals surface area contributed by atoms with Crippen molar-refractivity contribution in [2.45, 2.75) is 0 Å². The van der Waals surface area contributed by atoms with Crippen molar-refractivity contribution in [1.82, 2.24) is 20.2 Å². The second-order valence-electron chi connectivity index (χ2n) is 5.15. The molecule has 1 N–H and O–H groups in total. The number of nitro benzene ring substituents is 1. The van der Waals surface area contributed by atoms with E-state index in [1.807, 2.05) is 0 Å². The summed E-state index contributed by atoms with van der Waals surface area (Å²) in [5, 5.41) is 25.8. The molecule has 144 valence electrons. The van der Waals surface area contributed by atoms with E-state index < -0.39 is 23.4 Å². The lowest BCUT2D eigenvalue weighted by Crippen LogP contribution is -2.21. The lowest BCUT2D eigenvalue weighted by atomic mass is 10.2. The van der Waals surface area contributed by atoms with E-state index in [1.54, 1.807) is 11.4 Å². The molecule has 0 saturated carbocycles. The van der Waals surface area contributed by atoms with Crippen LogP contribution in [-0.4, -0.2) is 50.7 Å². The third-order valence-electron chi connectivity index (χ3n) is 3.44. The summed E-state index contributed by atoms with van der Waals surface area (Å²) in [6.07, 6.45) is 1.31. The highest BCUT2D eigenvalue weighted by Crippen LogP contribution is 2.29. The highest BCUT2D eigenvalue weighted by Gasteiger charge is 2.20. The lowest BCUT2D eigenvalue weighted by molar-refractivity contribution is -0.384. The van der Waals surface area contributed by atoms with E-state index in [9.17, 15) is 19.7 Å². The monoisotopic (exact) mass is 404 g/mol. The van der Waals surface area contributed by atoms with Crippen LogP contribution in [0.4, 0.5) is 11.4 Å². The fraction of sp³-hybridized carbons (Fsp3) is 0.133. The number of carbonyl (C=O) groups is 2. The maximum atomic E-state index is 12.2. The van der Waals surface area contributed by atoms with Crippen LogP contribution in [-0.2, 0) is 9.53 Å². The van der Waals surface area contributed by atoms with Crippen LogP contribution in [0.1, 0.15) is 9.67 Å². The van der Waals surface area contributed by atoms with Gasteiger partial charge in [-0.2, -0.15) is 4.68 Å². The minimum absolute atomic E-state index is 0.0441. The van der Waals surface area contributed by atoms with Crippen molar-refractivity contribution in [3.05, 3.63) is 51.0 Å². The SMILES string of the molecule is COc1ccc(NC(=O)COC(=O)c2sccc2-n2cnnn2)c([N+](=O)[O-])c1. The molecule has 13 heteroatoms. The van der Waals surface area contributed by atoms with E-state index in [0.717, 1.165) is 11.3 Å². The fourth-order valence-electron chi connectivity index (χ4n) is 2.19. The molecular weight excluding hydrogens is 392 g/mol. The van der Waals surface area contributed by atoms with Gasteiger partial charge in [-0.25, -0.2) is 4.79 Å². The minimum Gasteiger partial charge on any atom is -0.496 e. The molecular formula is C15H12N6O6S. The number of esters is 1. The molecule has 0 aliphatic carbocycles. The van der Waals surface area contributed by atoms with Crippen LogP contribution in [0.2, 0.25) is 0 Å². The minimum atomic E-state index is -0.750. The molecule has 1 aromatic carbocycles. The first kappa shape index (κ1) is 18.9. The van der Waals surface area contributed by atoms with Crippen LogP contribution in [0.25, 0.3) is 5.69 Å². The molecule has 0 spiro atoms. The first-order valence-electron chi connectivity index (χ1n) is 7.60. The average molecular weight is 404 g/mol. The first-order valence-corrected chi connectivity index (χ1v) is 8.48. The standard InChI is InChI=1S/C15H12N6O6S/c1-26-9-2-3-10(12(6-9)21(24)25)17-13(22)7-27-15(23)14-11(4-5-28-14)20-8-16-18-19-20/h2-6,8H,7H2,1H3,(H,17,22). The Bertz CT molecular complexity index is 1020. The predicted octanol–water partition coefficient (Wildman–Crippen LogP) is 1.44. The van der Waals surface area contributed by atoms with Gasteiger partial charge in [0.25, 0.3) is 11.6 Å². The Morgan fingerprint density at radius 1 is 1.36 bits per heavy atom. The van der Waals surface area contributed by atoms with Crippen molar-refractivity contribution in [2.75, 3.05) is 19.0 Å². The van der Waals surface area contributed by atoms with Gasteiger partial charge in [0, 0.05) is 0 Å². The second kappa shape index (κ2) is 8.22. The number of hydrogen-bond donors (Lipinski definition) is 1. The van der Waals surface area contributed by atoms with Gasteiger partial charge in [-0.15, -0.1) is 16.4 Å². The summed E-state index contributed by atoms with van der Waals surface area (Å²) < 4.78 is 11.2. The van der Waals surface area contributed by atoms with E-state index in [2.05, 4.69) is 20.8 Å². The van der Waals surface area contributed by atoms with Gasteiger partial charge in [-0.1, -0.05) is 0 Å². The molecule has 0 aliphatic heterocycles.